The lowest BCUT2D eigenvalue weighted by Crippen LogP contribution is -2.40. The molecule has 2 atom stereocenters. The van der Waals surface area contributed by atoms with Gasteiger partial charge in [-0.05, 0) is 37.1 Å². The van der Waals surface area contributed by atoms with Crippen LogP contribution in [0.2, 0.25) is 0 Å². The van der Waals surface area contributed by atoms with E-state index in [0.29, 0.717) is 13.2 Å². The molecule has 0 amide bonds. The van der Waals surface area contributed by atoms with Crippen LogP contribution in [0.25, 0.3) is 0 Å². The molecule has 0 N–H and O–H groups in total. The summed E-state index contributed by atoms with van der Waals surface area (Å²) in [5.74, 6) is 1.56. The molecular weight excluding hydrogens is 280 g/mol. The predicted molar refractivity (Wildman–Crippen MR) is 83.9 cm³/mol. The fourth-order valence-corrected chi connectivity index (χ4v) is 2.36. The summed E-state index contributed by atoms with van der Waals surface area (Å²) in [7, 11) is 0. The van der Waals surface area contributed by atoms with Crippen molar-refractivity contribution in [2.24, 2.45) is 0 Å². The molecule has 3 rings (SSSR count). The summed E-state index contributed by atoms with van der Waals surface area (Å²) in [6.07, 6.45) is 9.29. The first-order valence-corrected chi connectivity index (χ1v) is 7.76. The summed E-state index contributed by atoms with van der Waals surface area (Å²) < 4.78 is 22.7. The maximum absolute atomic E-state index is 5.84. The third-order valence-electron chi connectivity index (χ3n) is 4.32. The topological polar surface area (TPSA) is 36.9 Å². The van der Waals surface area contributed by atoms with Crippen LogP contribution in [0, 0.1) is 0 Å². The molecule has 0 saturated carbocycles. The molecular formula is C18H22O4. The normalized spacial score (nSPS) is 28.1. The van der Waals surface area contributed by atoms with Crippen molar-refractivity contribution in [1.82, 2.24) is 0 Å². The van der Waals surface area contributed by atoms with Gasteiger partial charge in [-0.25, -0.2) is 0 Å². The maximum Gasteiger partial charge on any atom is 0.163 e. The van der Waals surface area contributed by atoms with Gasteiger partial charge in [0.2, 0.25) is 0 Å². The third-order valence-corrected chi connectivity index (χ3v) is 4.32. The molecule has 22 heavy (non-hydrogen) atoms. The quantitative estimate of drug-likeness (QED) is 0.731. The molecule has 0 saturated heterocycles. The number of hydrogen-bond donors (Lipinski definition) is 0. The van der Waals surface area contributed by atoms with Gasteiger partial charge >= 0.3 is 0 Å². The Labute approximate surface area is 131 Å². The van der Waals surface area contributed by atoms with Crippen LogP contribution in [0.4, 0.5) is 0 Å². The zero-order valence-electron chi connectivity index (χ0n) is 13.1. The average Bonchev–Trinajstić information content (AvgIpc) is 2.46. The van der Waals surface area contributed by atoms with Crippen molar-refractivity contribution in [3.63, 3.8) is 0 Å². The monoisotopic (exact) mass is 302 g/mol. The van der Waals surface area contributed by atoms with Gasteiger partial charge in [0.1, 0.15) is 24.7 Å². The molecule has 0 radical (unpaired) electrons. The Hall–Kier alpha value is -2.10. The Morgan fingerprint density at radius 3 is 1.64 bits per heavy atom. The standard InChI is InChI=1S/C18H22O4/c1-3-17(8-10-21-17)13-19-15-6-5-7-16(12-15)20-14-18(4-2)9-11-22-18/h5-12H,3-4,13-14H2,1-2H3. The summed E-state index contributed by atoms with van der Waals surface area (Å²) in [4.78, 5) is 0. The Kier molecular flexibility index (Phi) is 4.01. The number of benzene rings is 1. The molecule has 0 fully saturated rings. The minimum Gasteiger partial charge on any atom is -0.489 e. The minimum atomic E-state index is -0.270. The number of rotatable bonds is 8. The Balaban J connectivity index is 1.56. The van der Waals surface area contributed by atoms with Gasteiger partial charge in [-0.15, -0.1) is 0 Å². The first-order chi connectivity index (χ1) is 10.7. The van der Waals surface area contributed by atoms with Crippen LogP contribution >= 0.6 is 0 Å². The van der Waals surface area contributed by atoms with E-state index in [1.807, 2.05) is 36.4 Å². The zero-order valence-corrected chi connectivity index (χ0v) is 13.1. The van der Waals surface area contributed by atoms with Gasteiger partial charge in [0.05, 0.1) is 12.5 Å². The van der Waals surface area contributed by atoms with Crippen LogP contribution in [0.1, 0.15) is 26.7 Å². The summed E-state index contributed by atoms with van der Waals surface area (Å²) in [6, 6.07) is 7.68. The molecule has 0 bridgehead atoms. The van der Waals surface area contributed by atoms with Crippen molar-refractivity contribution in [3.8, 4) is 11.5 Å². The number of ether oxygens (including phenoxy) is 4. The predicted octanol–water partition coefficient (Wildman–Crippen LogP) is 3.83. The van der Waals surface area contributed by atoms with Gasteiger partial charge in [0, 0.05) is 6.07 Å². The van der Waals surface area contributed by atoms with E-state index in [4.69, 9.17) is 18.9 Å². The summed E-state index contributed by atoms with van der Waals surface area (Å²) in [6.45, 7) is 5.19. The smallest absolute Gasteiger partial charge is 0.163 e. The Morgan fingerprint density at radius 2 is 1.32 bits per heavy atom. The Bertz CT molecular complexity index is 533. The van der Waals surface area contributed by atoms with Gasteiger partial charge in [0.15, 0.2) is 11.2 Å². The van der Waals surface area contributed by atoms with E-state index in [2.05, 4.69) is 13.8 Å². The number of hydrogen-bond acceptors (Lipinski definition) is 4. The summed E-state index contributed by atoms with van der Waals surface area (Å²) in [5, 5.41) is 0. The minimum absolute atomic E-state index is 0.270. The van der Waals surface area contributed by atoms with Crippen molar-refractivity contribution < 1.29 is 18.9 Å². The van der Waals surface area contributed by atoms with E-state index in [1.165, 1.54) is 0 Å². The lowest BCUT2D eigenvalue weighted by molar-refractivity contribution is -0.0195. The fourth-order valence-electron chi connectivity index (χ4n) is 2.36. The van der Waals surface area contributed by atoms with Crippen molar-refractivity contribution in [2.45, 2.75) is 37.9 Å². The maximum atomic E-state index is 5.84. The molecule has 4 heteroatoms. The van der Waals surface area contributed by atoms with Gasteiger partial charge in [-0.2, -0.15) is 0 Å². The Morgan fingerprint density at radius 1 is 0.864 bits per heavy atom. The highest BCUT2D eigenvalue weighted by Gasteiger charge is 2.34. The van der Waals surface area contributed by atoms with E-state index in [9.17, 15) is 0 Å². The van der Waals surface area contributed by atoms with Crippen LogP contribution in [0.3, 0.4) is 0 Å². The van der Waals surface area contributed by atoms with Crippen LogP contribution < -0.4 is 9.47 Å². The van der Waals surface area contributed by atoms with Gasteiger partial charge < -0.3 is 18.9 Å². The van der Waals surface area contributed by atoms with E-state index < -0.39 is 0 Å². The third kappa shape index (κ3) is 2.91. The molecule has 1 aromatic rings. The molecule has 1 aromatic carbocycles. The largest absolute Gasteiger partial charge is 0.489 e. The fraction of sp³-hybridized carbons (Fsp3) is 0.444. The average molecular weight is 302 g/mol. The first kappa shape index (κ1) is 14.8. The highest BCUT2D eigenvalue weighted by atomic mass is 16.6. The van der Waals surface area contributed by atoms with Crippen molar-refractivity contribution in [1.29, 1.82) is 0 Å². The summed E-state index contributed by atoms with van der Waals surface area (Å²) >= 11 is 0. The zero-order chi connectivity index (χ0) is 15.5. The van der Waals surface area contributed by atoms with E-state index >= 15 is 0 Å². The summed E-state index contributed by atoms with van der Waals surface area (Å²) in [5.41, 5.74) is -0.540. The van der Waals surface area contributed by atoms with Crippen LogP contribution in [-0.4, -0.2) is 24.4 Å². The lowest BCUT2D eigenvalue weighted by Gasteiger charge is -2.35. The lowest BCUT2D eigenvalue weighted by atomic mass is 9.99. The molecule has 2 heterocycles. The van der Waals surface area contributed by atoms with Crippen molar-refractivity contribution >= 4 is 0 Å². The van der Waals surface area contributed by atoms with Crippen LogP contribution in [0.5, 0.6) is 11.5 Å². The highest BCUT2D eigenvalue weighted by molar-refractivity contribution is 5.33. The SMILES string of the molecule is CCC1(COc2cccc(OCC3(CC)C=CO3)c2)C=CO1. The van der Waals surface area contributed by atoms with Crippen molar-refractivity contribution in [3.05, 3.63) is 48.9 Å². The van der Waals surface area contributed by atoms with E-state index in [0.717, 1.165) is 24.3 Å². The van der Waals surface area contributed by atoms with Crippen LogP contribution in [-0.2, 0) is 9.47 Å². The molecule has 2 aliphatic rings. The highest BCUT2D eigenvalue weighted by Crippen LogP contribution is 2.30. The van der Waals surface area contributed by atoms with Gasteiger partial charge in [-0.3, -0.25) is 0 Å². The molecule has 2 aliphatic heterocycles. The second kappa shape index (κ2) is 5.95. The second-order valence-electron chi connectivity index (χ2n) is 5.73. The van der Waals surface area contributed by atoms with E-state index in [-0.39, 0.29) is 11.2 Å². The molecule has 0 aliphatic carbocycles. The molecule has 118 valence electrons. The first-order valence-electron chi connectivity index (χ1n) is 7.76. The second-order valence-corrected chi connectivity index (χ2v) is 5.73. The molecule has 0 aromatic heterocycles. The molecule has 0 spiro atoms. The van der Waals surface area contributed by atoms with Crippen LogP contribution in [0.15, 0.2) is 48.9 Å². The molecule has 4 nitrogen and oxygen atoms in total. The van der Waals surface area contributed by atoms with E-state index in [1.54, 1.807) is 12.5 Å². The molecule has 2 unspecified atom stereocenters. The van der Waals surface area contributed by atoms with Crippen molar-refractivity contribution in [2.75, 3.05) is 13.2 Å². The van der Waals surface area contributed by atoms with Gasteiger partial charge in [0.25, 0.3) is 0 Å². The van der Waals surface area contributed by atoms with Gasteiger partial charge in [-0.1, -0.05) is 19.9 Å².